The summed E-state index contributed by atoms with van der Waals surface area (Å²) in [5.41, 5.74) is 2.14. The Morgan fingerprint density at radius 3 is 2.00 bits per heavy atom. The highest BCUT2D eigenvalue weighted by Crippen LogP contribution is 2.00. The standard InChI is InChI=1S/C15H11N/c16-15(14-9-5-2-6-10-14)12-11-13-7-3-1-4-8-13/h1-10,16H. The molecule has 0 aliphatic carbocycles. The summed E-state index contributed by atoms with van der Waals surface area (Å²) in [7, 11) is 0. The van der Waals surface area contributed by atoms with Gasteiger partial charge in [-0.15, -0.1) is 0 Å². The molecule has 1 nitrogen and oxygen atoms in total. The zero-order valence-electron chi connectivity index (χ0n) is 8.77. The average Bonchev–Trinajstić information content (AvgIpc) is 2.38. The van der Waals surface area contributed by atoms with Crippen LogP contribution in [0.1, 0.15) is 11.1 Å². The van der Waals surface area contributed by atoms with Crippen molar-refractivity contribution in [1.29, 1.82) is 5.41 Å². The van der Waals surface area contributed by atoms with Crippen molar-refractivity contribution >= 4 is 5.71 Å². The highest BCUT2D eigenvalue weighted by Gasteiger charge is 1.94. The van der Waals surface area contributed by atoms with Crippen molar-refractivity contribution < 1.29 is 0 Å². The lowest BCUT2D eigenvalue weighted by molar-refractivity contribution is 1.50. The molecule has 0 heterocycles. The van der Waals surface area contributed by atoms with Crippen molar-refractivity contribution in [3.63, 3.8) is 0 Å². The van der Waals surface area contributed by atoms with Gasteiger partial charge in [-0.3, -0.25) is 5.41 Å². The van der Waals surface area contributed by atoms with Gasteiger partial charge >= 0.3 is 0 Å². The molecular formula is C15H11N. The van der Waals surface area contributed by atoms with E-state index in [9.17, 15) is 0 Å². The van der Waals surface area contributed by atoms with E-state index in [4.69, 9.17) is 5.41 Å². The van der Waals surface area contributed by atoms with Crippen molar-refractivity contribution in [3.8, 4) is 11.8 Å². The van der Waals surface area contributed by atoms with E-state index in [1.54, 1.807) is 0 Å². The molecule has 0 saturated heterocycles. The SMILES string of the molecule is N=C(C#Cc1ccccc1)c1ccccc1. The van der Waals surface area contributed by atoms with Crippen molar-refractivity contribution in [3.05, 3.63) is 71.8 Å². The van der Waals surface area contributed by atoms with Gasteiger partial charge in [0.15, 0.2) is 0 Å². The van der Waals surface area contributed by atoms with Crippen LogP contribution in [0.15, 0.2) is 60.7 Å². The Kier molecular flexibility index (Phi) is 3.15. The van der Waals surface area contributed by atoms with Crippen LogP contribution in [0.3, 0.4) is 0 Å². The van der Waals surface area contributed by atoms with Crippen molar-refractivity contribution in [2.24, 2.45) is 0 Å². The van der Waals surface area contributed by atoms with Crippen LogP contribution in [-0.2, 0) is 0 Å². The fourth-order valence-electron chi connectivity index (χ4n) is 1.33. The quantitative estimate of drug-likeness (QED) is 0.546. The summed E-state index contributed by atoms with van der Waals surface area (Å²) < 4.78 is 0. The van der Waals surface area contributed by atoms with Crippen LogP contribution in [0.2, 0.25) is 0 Å². The minimum atomic E-state index is 0.351. The molecule has 0 radical (unpaired) electrons. The first-order valence-corrected chi connectivity index (χ1v) is 5.07. The van der Waals surface area contributed by atoms with E-state index in [1.165, 1.54) is 0 Å². The monoisotopic (exact) mass is 205 g/mol. The number of benzene rings is 2. The minimum absolute atomic E-state index is 0.351. The maximum atomic E-state index is 7.81. The zero-order chi connectivity index (χ0) is 11.2. The molecule has 2 rings (SSSR count). The van der Waals surface area contributed by atoms with Gasteiger partial charge in [0, 0.05) is 11.1 Å². The molecule has 76 valence electrons. The molecule has 0 aromatic heterocycles. The second-order valence-corrected chi connectivity index (χ2v) is 3.36. The van der Waals surface area contributed by atoms with Crippen LogP contribution in [0, 0.1) is 17.3 Å². The first kappa shape index (κ1) is 10.2. The predicted molar refractivity (Wildman–Crippen MR) is 66.6 cm³/mol. The third-order valence-corrected chi connectivity index (χ3v) is 2.17. The molecule has 0 spiro atoms. The van der Waals surface area contributed by atoms with Crippen molar-refractivity contribution in [2.75, 3.05) is 0 Å². The molecule has 0 bridgehead atoms. The Morgan fingerprint density at radius 1 is 0.812 bits per heavy atom. The summed E-state index contributed by atoms with van der Waals surface area (Å²) in [6, 6.07) is 19.2. The summed E-state index contributed by atoms with van der Waals surface area (Å²) in [6.45, 7) is 0. The second-order valence-electron chi connectivity index (χ2n) is 3.36. The van der Waals surface area contributed by atoms with Crippen LogP contribution in [0.5, 0.6) is 0 Å². The molecule has 2 aromatic rings. The number of hydrogen-bond donors (Lipinski definition) is 1. The van der Waals surface area contributed by atoms with Gasteiger partial charge in [0.1, 0.15) is 5.71 Å². The molecular weight excluding hydrogens is 194 g/mol. The summed E-state index contributed by atoms with van der Waals surface area (Å²) in [6.07, 6.45) is 0. The molecule has 0 atom stereocenters. The van der Waals surface area contributed by atoms with Gasteiger partial charge in [0.05, 0.1) is 0 Å². The maximum Gasteiger partial charge on any atom is 0.112 e. The number of hydrogen-bond acceptors (Lipinski definition) is 1. The van der Waals surface area contributed by atoms with Gasteiger partial charge < -0.3 is 0 Å². The number of nitrogens with one attached hydrogen (secondary N) is 1. The van der Waals surface area contributed by atoms with Gasteiger partial charge in [-0.25, -0.2) is 0 Å². The Morgan fingerprint density at radius 2 is 1.38 bits per heavy atom. The largest absolute Gasteiger partial charge is 0.291 e. The molecule has 1 heteroatoms. The van der Waals surface area contributed by atoms with E-state index >= 15 is 0 Å². The first-order chi connectivity index (χ1) is 7.86. The Balaban J connectivity index is 2.18. The molecule has 0 aliphatic rings. The van der Waals surface area contributed by atoms with Crippen molar-refractivity contribution in [2.45, 2.75) is 0 Å². The van der Waals surface area contributed by atoms with Crippen LogP contribution in [0.4, 0.5) is 0 Å². The van der Waals surface area contributed by atoms with Crippen LogP contribution in [0.25, 0.3) is 0 Å². The topological polar surface area (TPSA) is 23.9 Å². The zero-order valence-corrected chi connectivity index (χ0v) is 8.77. The maximum absolute atomic E-state index is 7.81. The van der Waals surface area contributed by atoms with Crippen LogP contribution in [-0.4, -0.2) is 5.71 Å². The molecule has 0 saturated carbocycles. The molecule has 0 fully saturated rings. The summed E-state index contributed by atoms with van der Waals surface area (Å²) in [5, 5.41) is 7.81. The van der Waals surface area contributed by atoms with E-state index in [0.29, 0.717) is 5.71 Å². The Labute approximate surface area is 95.3 Å². The fraction of sp³-hybridized carbons (Fsp3) is 0. The average molecular weight is 205 g/mol. The first-order valence-electron chi connectivity index (χ1n) is 5.07. The van der Waals surface area contributed by atoms with Gasteiger partial charge in [0.2, 0.25) is 0 Å². The van der Waals surface area contributed by atoms with E-state index in [0.717, 1.165) is 11.1 Å². The molecule has 0 aliphatic heterocycles. The summed E-state index contributed by atoms with van der Waals surface area (Å²) >= 11 is 0. The van der Waals surface area contributed by atoms with E-state index in [2.05, 4.69) is 11.8 Å². The van der Waals surface area contributed by atoms with Crippen LogP contribution >= 0.6 is 0 Å². The van der Waals surface area contributed by atoms with Gasteiger partial charge in [-0.05, 0) is 18.1 Å². The number of rotatable bonds is 1. The van der Waals surface area contributed by atoms with E-state index in [1.807, 2.05) is 60.7 Å². The van der Waals surface area contributed by atoms with E-state index < -0.39 is 0 Å². The highest BCUT2D eigenvalue weighted by molar-refractivity contribution is 6.11. The molecule has 2 aromatic carbocycles. The lowest BCUT2D eigenvalue weighted by Gasteiger charge is -1.94. The third-order valence-electron chi connectivity index (χ3n) is 2.17. The summed E-state index contributed by atoms with van der Waals surface area (Å²) in [4.78, 5) is 0. The molecule has 0 amide bonds. The lowest BCUT2D eigenvalue weighted by atomic mass is 10.1. The smallest absolute Gasteiger partial charge is 0.112 e. The van der Waals surface area contributed by atoms with E-state index in [-0.39, 0.29) is 0 Å². The molecule has 0 unspecified atom stereocenters. The predicted octanol–water partition coefficient (Wildman–Crippen LogP) is 3.11. The third kappa shape index (κ3) is 2.59. The Hall–Kier alpha value is -2.33. The molecule has 16 heavy (non-hydrogen) atoms. The van der Waals surface area contributed by atoms with Gasteiger partial charge in [-0.2, -0.15) is 0 Å². The van der Waals surface area contributed by atoms with Gasteiger partial charge in [0.25, 0.3) is 0 Å². The normalized spacial score (nSPS) is 9.00. The Bertz CT molecular complexity index is 530. The summed E-state index contributed by atoms with van der Waals surface area (Å²) in [5.74, 6) is 5.82. The highest BCUT2D eigenvalue weighted by atomic mass is 14.4. The fourth-order valence-corrected chi connectivity index (χ4v) is 1.33. The van der Waals surface area contributed by atoms with Crippen molar-refractivity contribution in [1.82, 2.24) is 0 Å². The van der Waals surface area contributed by atoms with Gasteiger partial charge in [-0.1, -0.05) is 54.5 Å². The second kappa shape index (κ2) is 4.95. The van der Waals surface area contributed by atoms with Crippen LogP contribution < -0.4 is 0 Å². The lowest BCUT2D eigenvalue weighted by Crippen LogP contribution is -1.93. The molecule has 1 N–H and O–H groups in total. The minimum Gasteiger partial charge on any atom is -0.291 e.